The van der Waals surface area contributed by atoms with Crippen molar-refractivity contribution in [3.05, 3.63) is 70.8 Å². The average Bonchev–Trinajstić information content (AvgIpc) is 2.85. The lowest BCUT2D eigenvalue weighted by molar-refractivity contribution is -0.148. The third kappa shape index (κ3) is 7.13. The summed E-state index contributed by atoms with van der Waals surface area (Å²) in [4.78, 5) is 38.3. The van der Waals surface area contributed by atoms with E-state index in [4.69, 9.17) is 9.94 Å². The highest BCUT2D eigenvalue weighted by molar-refractivity contribution is 6.12. The number of carbonyl (C=O) groups excluding carboxylic acids is 3. The number of aliphatic hydroxyl groups is 1. The van der Waals surface area contributed by atoms with E-state index in [9.17, 15) is 19.5 Å². The zero-order valence-corrected chi connectivity index (χ0v) is 20.5. The highest BCUT2D eigenvalue weighted by atomic mass is 16.5. The van der Waals surface area contributed by atoms with Gasteiger partial charge in [-0.1, -0.05) is 24.0 Å². The summed E-state index contributed by atoms with van der Waals surface area (Å²) in [6.45, 7) is 5.23. The van der Waals surface area contributed by atoms with Crippen LogP contribution >= 0.6 is 0 Å². The Balaban J connectivity index is 2.09. The third-order valence-corrected chi connectivity index (χ3v) is 5.35. The molecule has 0 aliphatic heterocycles. The maximum absolute atomic E-state index is 12.9. The van der Waals surface area contributed by atoms with Crippen molar-refractivity contribution in [3.8, 4) is 11.8 Å². The zero-order valence-electron chi connectivity index (χ0n) is 20.5. The maximum atomic E-state index is 12.9. The molecule has 0 heterocycles. The lowest BCUT2D eigenvalue weighted by atomic mass is 9.96. The van der Waals surface area contributed by atoms with Gasteiger partial charge in [-0.3, -0.25) is 19.6 Å². The number of hydrogen-bond acceptors (Lipinski definition) is 6. The van der Waals surface area contributed by atoms with E-state index in [0.717, 1.165) is 16.0 Å². The number of hydroxylamine groups is 1. The second-order valence-electron chi connectivity index (χ2n) is 8.79. The van der Waals surface area contributed by atoms with Crippen molar-refractivity contribution in [3.63, 3.8) is 0 Å². The summed E-state index contributed by atoms with van der Waals surface area (Å²) in [5.74, 6) is 3.70. The first-order valence-corrected chi connectivity index (χ1v) is 10.9. The van der Waals surface area contributed by atoms with Crippen molar-refractivity contribution in [2.75, 3.05) is 20.7 Å². The van der Waals surface area contributed by atoms with Crippen LogP contribution in [0.15, 0.2) is 48.5 Å². The van der Waals surface area contributed by atoms with Crippen molar-refractivity contribution < 1.29 is 29.4 Å². The first kappa shape index (κ1) is 27.5. The predicted molar refractivity (Wildman–Crippen MR) is 129 cm³/mol. The van der Waals surface area contributed by atoms with Crippen LogP contribution in [0.2, 0.25) is 0 Å². The third-order valence-electron chi connectivity index (χ3n) is 5.35. The van der Waals surface area contributed by atoms with Gasteiger partial charge in [0.05, 0.1) is 18.8 Å². The molecule has 2 rings (SSSR count). The highest BCUT2D eigenvalue weighted by Gasteiger charge is 2.47. The first-order valence-electron chi connectivity index (χ1n) is 10.9. The number of amides is 3. The lowest BCUT2D eigenvalue weighted by Crippen LogP contribution is -2.64. The van der Waals surface area contributed by atoms with Crippen LogP contribution in [-0.2, 0) is 20.9 Å². The number of carbonyl (C=O) groups is 3. The summed E-state index contributed by atoms with van der Waals surface area (Å²) in [6.07, 6.45) is 0. The Bertz CT molecular complexity index is 1090. The number of ether oxygens (including phenoxy) is 1. The molecule has 0 saturated heterocycles. The SMILES string of the molecule is CNC(=O)C(C)(C(=O)NO)N(C)C(=O)c1ccc(C#Cc2ccc(COCC(C)(C)O)cc2)cc1. The minimum atomic E-state index is -1.95. The molecular formula is C26H31N3O6. The van der Waals surface area contributed by atoms with Gasteiger partial charge in [-0.15, -0.1) is 0 Å². The van der Waals surface area contributed by atoms with Crippen LogP contribution in [0, 0.1) is 11.8 Å². The molecule has 3 amide bonds. The summed E-state index contributed by atoms with van der Waals surface area (Å²) in [7, 11) is 2.64. The highest BCUT2D eigenvalue weighted by Crippen LogP contribution is 2.18. The molecule has 0 bridgehead atoms. The minimum absolute atomic E-state index is 0.239. The predicted octanol–water partition coefficient (Wildman–Crippen LogP) is 1.46. The van der Waals surface area contributed by atoms with Crippen LogP contribution in [0.25, 0.3) is 0 Å². The number of likely N-dealkylation sites (N-methyl/N-ethyl adjacent to an activating group) is 2. The summed E-state index contributed by atoms with van der Waals surface area (Å²) in [5, 5.41) is 21.1. The minimum Gasteiger partial charge on any atom is -0.388 e. The van der Waals surface area contributed by atoms with Gasteiger partial charge in [0.15, 0.2) is 5.54 Å². The number of hydrogen-bond donors (Lipinski definition) is 4. The molecule has 0 aromatic heterocycles. The van der Waals surface area contributed by atoms with Crippen LogP contribution in [0.3, 0.4) is 0 Å². The summed E-state index contributed by atoms with van der Waals surface area (Å²) >= 11 is 0. The van der Waals surface area contributed by atoms with Gasteiger partial charge in [0.2, 0.25) is 0 Å². The van der Waals surface area contributed by atoms with Gasteiger partial charge in [0, 0.05) is 30.8 Å². The van der Waals surface area contributed by atoms with E-state index >= 15 is 0 Å². The fraction of sp³-hybridized carbons (Fsp3) is 0.346. The average molecular weight is 482 g/mol. The van der Waals surface area contributed by atoms with Gasteiger partial charge in [-0.25, -0.2) is 5.48 Å². The molecule has 0 aliphatic carbocycles. The van der Waals surface area contributed by atoms with Gasteiger partial charge < -0.3 is 20.1 Å². The molecule has 0 saturated carbocycles. The van der Waals surface area contributed by atoms with Gasteiger partial charge in [-0.2, -0.15) is 0 Å². The Labute approximate surface area is 205 Å². The molecule has 0 aliphatic rings. The Morgan fingerprint density at radius 2 is 1.46 bits per heavy atom. The maximum Gasteiger partial charge on any atom is 0.278 e. The van der Waals surface area contributed by atoms with Gasteiger partial charge in [-0.05, 0) is 62.7 Å². The van der Waals surface area contributed by atoms with E-state index in [-0.39, 0.29) is 12.2 Å². The van der Waals surface area contributed by atoms with Crippen LogP contribution in [0.1, 0.15) is 47.8 Å². The molecule has 2 aromatic carbocycles. The van der Waals surface area contributed by atoms with E-state index < -0.39 is 28.9 Å². The standard InChI is InChI=1S/C26H31N3O6/c1-25(2,33)17-35-16-20-10-8-18(9-11-20)6-7-19-12-14-21(15-13-19)22(30)29(5)26(3,23(31)27-4)24(32)28-34/h8-15,33-34H,16-17H2,1-5H3,(H,27,31)(H,28,32). The molecule has 0 fully saturated rings. The summed E-state index contributed by atoms with van der Waals surface area (Å²) in [6, 6.07) is 14.0. The fourth-order valence-corrected chi connectivity index (χ4v) is 3.10. The van der Waals surface area contributed by atoms with Gasteiger partial charge in [0.25, 0.3) is 17.7 Å². The summed E-state index contributed by atoms with van der Waals surface area (Å²) in [5.41, 5.74) is 1.29. The first-order chi connectivity index (χ1) is 16.4. The monoisotopic (exact) mass is 481 g/mol. The van der Waals surface area contributed by atoms with Crippen molar-refractivity contribution in [2.24, 2.45) is 0 Å². The second kappa shape index (κ2) is 11.6. The lowest BCUT2D eigenvalue weighted by Gasteiger charge is -2.34. The van der Waals surface area contributed by atoms with Crippen LogP contribution in [-0.4, -0.2) is 64.8 Å². The Morgan fingerprint density at radius 3 is 1.91 bits per heavy atom. The van der Waals surface area contributed by atoms with E-state index in [0.29, 0.717) is 12.2 Å². The molecule has 35 heavy (non-hydrogen) atoms. The normalized spacial score (nSPS) is 12.5. The number of nitrogens with zero attached hydrogens (tertiary/aromatic N) is 1. The molecule has 4 N–H and O–H groups in total. The van der Waals surface area contributed by atoms with E-state index in [1.165, 1.54) is 26.5 Å². The van der Waals surface area contributed by atoms with Gasteiger partial charge >= 0.3 is 0 Å². The largest absolute Gasteiger partial charge is 0.388 e. The Hall–Kier alpha value is -3.71. The quantitative estimate of drug-likeness (QED) is 0.196. The molecule has 1 unspecified atom stereocenters. The smallest absolute Gasteiger partial charge is 0.278 e. The second-order valence-corrected chi connectivity index (χ2v) is 8.79. The van der Waals surface area contributed by atoms with E-state index in [2.05, 4.69) is 17.2 Å². The topological polar surface area (TPSA) is 128 Å². The van der Waals surface area contributed by atoms with Crippen molar-refractivity contribution in [2.45, 2.75) is 38.5 Å². The number of benzene rings is 2. The number of nitrogens with one attached hydrogen (secondary N) is 2. The molecule has 1 atom stereocenters. The fourth-order valence-electron chi connectivity index (χ4n) is 3.10. The van der Waals surface area contributed by atoms with Crippen molar-refractivity contribution >= 4 is 17.7 Å². The van der Waals surface area contributed by atoms with Gasteiger partial charge in [0.1, 0.15) is 0 Å². The molecule has 0 spiro atoms. The molecule has 9 heteroatoms. The van der Waals surface area contributed by atoms with E-state index in [1.807, 2.05) is 24.3 Å². The molecule has 186 valence electrons. The van der Waals surface area contributed by atoms with Crippen molar-refractivity contribution in [1.82, 2.24) is 15.7 Å². The Morgan fingerprint density at radius 1 is 0.943 bits per heavy atom. The van der Waals surface area contributed by atoms with Crippen LogP contribution in [0.4, 0.5) is 0 Å². The van der Waals surface area contributed by atoms with Crippen LogP contribution in [0.5, 0.6) is 0 Å². The van der Waals surface area contributed by atoms with E-state index in [1.54, 1.807) is 38.1 Å². The molecule has 9 nitrogen and oxygen atoms in total. The van der Waals surface area contributed by atoms with Crippen molar-refractivity contribution in [1.29, 1.82) is 0 Å². The summed E-state index contributed by atoms with van der Waals surface area (Å²) < 4.78 is 5.49. The molecule has 0 radical (unpaired) electrons. The molecular weight excluding hydrogens is 450 g/mol. The van der Waals surface area contributed by atoms with Crippen LogP contribution < -0.4 is 10.8 Å². The zero-order chi connectivity index (χ0) is 26.2. The number of rotatable bonds is 8. The molecule has 2 aromatic rings. The Kier molecular flexibility index (Phi) is 9.14.